The molecule has 2 aromatic rings. The van der Waals surface area contributed by atoms with Gasteiger partial charge in [-0.3, -0.25) is 0 Å². The van der Waals surface area contributed by atoms with Crippen LogP contribution in [-0.2, 0) is 0 Å². The maximum absolute atomic E-state index is 5.95. The van der Waals surface area contributed by atoms with E-state index in [1.54, 1.807) is 0 Å². The molecule has 0 amide bonds. The van der Waals surface area contributed by atoms with Crippen LogP contribution >= 0.6 is 0 Å². The minimum Gasteiger partial charge on any atom is -0.486 e. The van der Waals surface area contributed by atoms with Crippen LogP contribution < -0.4 is 10.5 Å². The maximum Gasteiger partial charge on any atom is 0.123 e. The topological polar surface area (TPSA) is 35.2 Å². The highest BCUT2D eigenvalue weighted by molar-refractivity contribution is 5.43. The molecular formula is C15H17NO. The van der Waals surface area contributed by atoms with E-state index < -0.39 is 0 Å². The Kier molecular flexibility index (Phi) is 3.66. The van der Waals surface area contributed by atoms with Crippen LogP contribution in [0.5, 0.6) is 5.75 Å². The van der Waals surface area contributed by atoms with Crippen molar-refractivity contribution < 1.29 is 4.74 Å². The van der Waals surface area contributed by atoms with Gasteiger partial charge < -0.3 is 10.5 Å². The summed E-state index contributed by atoms with van der Waals surface area (Å²) in [6, 6.07) is 17.8. The molecule has 0 aliphatic heterocycles. The van der Waals surface area contributed by atoms with Crippen LogP contribution in [-0.4, -0.2) is 0 Å². The number of hydrogen-bond donors (Lipinski definition) is 1. The van der Waals surface area contributed by atoms with Crippen molar-refractivity contribution in [1.82, 2.24) is 0 Å². The molecule has 0 fully saturated rings. The van der Waals surface area contributed by atoms with Gasteiger partial charge in [0.25, 0.3) is 0 Å². The van der Waals surface area contributed by atoms with E-state index >= 15 is 0 Å². The molecule has 1 unspecified atom stereocenters. The van der Waals surface area contributed by atoms with Gasteiger partial charge in [-0.15, -0.1) is 0 Å². The number of ether oxygens (including phenoxy) is 1. The van der Waals surface area contributed by atoms with Crippen molar-refractivity contribution >= 4 is 5.69 Å². The first-order valence-corrected chi connectivity index (χ1v) is 5.86. The average Bonchev–Trinajstić information content (AvgIpc) is 2.37. The summed E-state index contributed by atoms with van der Waals surface area (Å²) in [5.41, 5.74) is 7.65. The molecule has 2 aromatic carbocycles. The number of nitrogen functional groups attached to an aromatic ring is 1. The second-order valence-electron chi connectivity index (χ2n) is 4.00. The third-order valence-corrected chi connectivity index (χ3v) is 2.68. The Bertz CT molecular complexity index is 467. The second kappa shape index (κ2) is 5.39. The Morgan fingerprint density at radius 3 is 2.47 bits per heavy atom. The van der Waals surface area contributed by atoms with Crippen molar-refractivity contribution in [1.29, 1.82) is 0 Å². The predicted octanol–water partition coefficient (Wildman–Crippen LogP) is 3.80. The van der Waals surface area contributed by atoms with Crippen LogP contribution in [0.4, 0.5) is 5.69 Å². The number of rotatable bonds is 4. The van der Waals surface area contributed by atoms with Crippen molar-refractivity contribution in [3.8, 4) is 5.75 Å². The zero-order chi connectivity index (χ0) is 12.1. The number of hydrogen-bond acceptors (Lipinski definition) is 2. The quantitative estimate of drug-likeness (QED) is 0.806. The zero-order valence-electron chi connectivity index (χ0n) is 9.97. The molecule has 2 rings (SSSR count). The lowest BCUT2D eigenvalue weighted by Crippen LogP contribution is -2.06. The normalized spacial score (nSPS) is 12.1. The van der Waals surface area contributed by atoms with Gasteiger partial charge in [-0.1, -0.05) is 43.3 Å². The summed E-state index contributed by atoms with van der Waals surface area (Å²) in [6.45, 7) is 2.12. The molecule has 2 N–H and O–H groups in total. The molecule has 2 nitrogen and oxygen atoms in total. The first-order valence-electron chi connectivity index (χ1n) is 5.86. The van der Waals surface area contributed by atoms with E-state index in [0.717, 1.165) is 17.9 Å². The Morgan fingerprint density at radius 1 is 1.06 bits per heavy atom. The van der Waals surface area contributed by atoms with E-state index in [2.05, 4.69) is 19.1 Å². The fourth-order valence-electron chi connectivity index (χ4n) is 1.81. The van der Waals surface area contributed by atoms with E-state index in [9.17, 15) is 0 Å². The SMILES string of the molecule is CCC(Oc1cccc(N)c1)c1ccccc1. The monoisotopic (exact) mass is 227 g/mol. The summed E-state index contributed by atoms with van der Waals surface area (Å²) in [4.78, 5) is 0. The summed E-state index contributed by atoms with van der Waals surface area (Å²) in [5, 5.41) is 0. The Morgan fingerprint density at radius 2 is 1.82 bits per heavy atom. The smallest absolute Gasteiger partial charge is 0.123 e. The molecule has 0 saturated carbocycles. The minimum absolute atomic E-state index is 0.0815. The van der Waals surface area contributed by atoms with Crippen molar-refractivity contribution in [3.63, 3.8) is 0 Å². The highest BCUT2D eigenvalue weighted by Gasteiger charge is 2.10. The van der Waals surface area contributed by atoms with Crippen LogP contribution in [0.15, 0.2) is 54.6 Å². The largest absolute Gasteiger partial charge is 0.486 e. The molecule has 0 spiro atoms. The summed E-state index contributed by atoms with van der Waals surface area (Å²) in [5.74, 6) is 0.820. The summed E-state index contributed by atoms with van der Waals surface area (Å²) < 4.78 is 5.95. The van der Waals surface area contributed by atoms with Gasteiger partial charge in [0.05, 0.1) is 0 Å². The predicted molar refractivity (Wildman–Crippen MR) is 71.0 cm³/mol. The third kappa shape index (κ3) is 3.00. The summed E-state index contributed by atoms with van der Waals surface area (Å²) in [6.07, 6.45) is 1.01. The Balaban J connectivity index is 2.16. The summed E-state index contributed by atoms with van der Waals surface area (Å²) >= 11 is 0. The van der Waals surface area contributed by atoms with Crippen LogP contribution in [0, 0.1) is 0 Å². The molecule has 88 valence electrons. The molecule has 0 aromatic heterocycles. The highest BCUT2D eigenvalue weighted by Crippen LogP contribution is 2.25. The lowest BCUT2D eigenvalue weighted by Gasteiger charge is -2.18. The van der Waals surface area contributed by atoms with E-state index in [0.29, 0.717) is 0 Å². The van der Waals surface area contributed by atoms with Crippen LogP contribution in [0.25, 0.3) is 0 Å². The van der Waals surface area contributed by atoms with Gasteiger partial charge in [-0.2, -0.15) is 0 Å². The van der Waals surface area contributed by atoms with Crippen molar-refractivity contribution in [3.05, 3.63) is 60.2 Å². The van der Waals surface area contributed by atoms with Crippen molar-refractivity contribution in [2.75, 3.05) is 5.73 Å². The zero-order valence-corrected chi connectivity index (χ0v) is 9.97. The van der Waals surface area contributed by atoms with Gasteiger partial charge >= 0.3 is 0 Å². The number of nitrogens with two attached hydrogens (primary N) is 1. The molecule has 0 heterocycles. The molecule has 0 saturated heterocycles. The molecular weight excluding hydrogens is 210 g/mol. The first-order chi connectivity index (χ1) is 8.29. The molecule has 0 aliphatic rings. The average molecular weight is 227 g/mol. The van der Waals surface area contributed by atoms with E-state index in [4.69, 9.17) is 10.5 Å². The van der Waals surface area contributed by atoms with E-state index in [-0.39, 0.29) is 6.10 Å². The standard InChI is InChI=1S/C15H17NO/c1-2-15(12-7-4-3-5-8-12)17-14-10-6-9-13(16)11-14/h3-11,15H,2,16H2,1H3. The molecule has 2 heteroatoms. The number of anilines is 1. The van der Waals surface area contributed by atoms with Gasteiger partial charge in [0.1, 0.15) is 11.9 Å². The van der Waals surface area contributed by atoms with Crippen molar-refractivity contribution in [2.24, 2.45) is 0 Å². The second-order valence-corrected chi connectivity index (χ2v) is 4.00. The van der Waals surface area contributed by atoms with Crippen LogP contribution in [0.1, 0.15) is 25.0 Å². The van der Waals surface area contributed by atoms with Crippen LogP contribution in [0.3, 0.4) is 0 Å². The van der Waals surface area contributed by atoms with Crippen molar-refractivity contribution in [2.45, 2.75) is 19.4 Å². The van der Waals surface area contributed by atoms with Gasteiger partial charge in [0, 0.05) is 11.8 Å². The fraction of sp³-hybridized carbons (Fsp3) is 0.200. The third-order valence-electron chi connectivity index (χ3n) is 2.68. The Hall–Kier alpha value is -1.96. The van der Waals surface area contributed by atoms with Gasteiger partial charge in [-0.05, 0) is 24.1 Å². The molecule has 0 bridgehead atoms. The fourth-order valence-corrected chi connectivity index (χ4v) is 1.81. The summed E-state index contributed by atoms with van der Waals surface area (Å²) in [7, 11) is 0. The molecule has 17 heavy (non-hydrogen) atoms. The lowest BCUT2D eigenvalue weighted by molar-refractivity contribution is 0.201. The minimum atomic E-state index is 0.0815. The molecule has 0 aliphatic carbocycles. The Labute approximate surface area is 102 Å². The maximum atomic E-state index is 5.95. The molecule has 0 radical (unpaired) electrons. The van der Waals surface area contributed by atoms with Gasteiger partial charge in [0.2, 0.25) is 0 Å². The van der Waals surface area contributed by atoms with E-state index in [1.165, 1.54) is 5.56 Å². The first kappa shape index (κ1) is 11.5. The van der Waals surface area contributed by atoms with Gasteiger partial charge in [-0.25, -0.2) is 0 Å². The van der Waals surface area contributed by atoms with Gasteiger partial charge in [0.15, 0.2) is 0 Å². The number of benzene rings is 2. The van der Waals surface area contributed by atoms with E-state index in [1.807, 2.05) is 42.5 Å². The van der Waals surface area contributed by atoms with Crippen LogP contribution in [0.2, 0.25) is 0 Å². The lowest BCUT2D eigenvalue weighted by atomic mass is 10.1. The molecule has 1 atom stereocenters. The highest BCUT2D eigenvalue weighted by atomic mass is 16.5.